The van der Waals surface area contributed by atoms with E-state index in [2.05, 4.69) is 9.88 Å². The Morgan fingerprint density at radius 2 is 1.79 bits per heavy atom. The number of aromatic amines is 1. The van der Waals surface area contributed by atoms with Crippen molar-refractivity contribution in [2.75, 3.05) is 32.7 Å². The van der Waals surface area contributed by atoms with Gasteiger partial charge in [0.05, 0.1) is 4.92 Å². The summed E-state index contributed by atoms with van der Waals surface area (Å²) in [6.45, 7) is 3.99. The van der Waals surface area contributed by atoms with E-state index in [-0.39, 0.29) is 16.5 Å². The Labute approximate surface area is 162 Å². The quantitative estimate of drug-likeness (QED) is 0.546. The number of aromatic nitrogens is 1. The van der Waals surface area contributed by atoms with Gasteiger partial charge in [0.25, 0.3) is 11.6 Å². The predicted octanol–water partition coefficient (Wildman–Crippen LogP) is 3.08. The summed E-state index contributed by atoms with van der Waals surface area (Å²) in [6.07, 6.45) is 2.72. The van der Waals surface area contributed by atoms with Crippen LogP contribution < -0.4 is 0 Å². The van der Waals surface area contributed by atoms with Crippen molar-refractivity contribution in [3.63, 3.8) is 0 Å². The molecule has 0 radical (unpaired) electrons. The maximum Gasteiger partial charge on any atom is 0.269 e. The third kappa shape index (κ3) is 3.89. The molecule has 1 fully saturated rings. The Morgan fingerprint density at radius 1 is 1.04 bits per heavy atom. The summed E-state index contributed by atoms with van der Waals surface area (Å²) >= 11 is 0. The third-order valence-electron chi connectivity index (χ3n) is 5.32. The normalized spacial score (nSPS) is 15.1. The van der Waals surface area contributed by atoms with Gasteiger partial charge in [-0.15, -0.1) is 0 Å². The highest BCUT2D eigenvalue weighted by atomic mass is 16.6. The van der Waals surface area contributed by atoms with Gasteiger partial charge in [-0.1, -0.05) is 12.1 Å². The van der Waals surface area contributed by atoms with Crippen molar-refractivity contribution in [2.24, 2.45) is 0 Å². The van der Waals surface area contributed by atoms with E-state index < -0.39 is 0 Å². The number of nitrogens with one attached hydrogen (secondary N) is 1. The molecule has 1 aliphatic heterocycles. The number of non-ortho nitro benzene ring substituents is 1. The van der Waals surface area contributed by atoms with Gasteiger partial charge in [-0.25, -0.2) is 0 Å². The lowest BCUT2D eigenvalue weighted by Gasteiger charge is -2.34. The molecule has 0 saturated carbocycles. The topological polar surface area (TPSA) is 82.5 Å². The number of piperazine rings is 1. The van der Waals surface area contributed by atoms with Gasteiger partial charge in [-0.2, -0.15) is 0 Å². The Morgan fingerprint density at radius 3 is 2.50 bits per heavy atom. The van der Waals surface area contributed by atoms with Crippen LogP contribution in [0.3, 0.4) is 0 Å². The zero-order valence-electron chi connectivity index (χ0n) is 15.5. The van der Waals surface area contributed by atoms with Gasteiger partial charge in [0, 0.05) is 67.5 Å². The average molecular weight is 378 g/mol. The molecular weight excluding hydrogens is 356 g/mol. The van der Waals surface area contributed by atoms with Gasteiger partial charge in [0.1, 0.15) is 0 Å². The summed E-state index contributed by atoms with van der Waals surface area (Å²) in [5.41, 5.74) is 2.97. The van der Waals surface area contributed by atoms with Crippen molar-refractivity contribution >= 4 is 22.5 Å². The summed E-state index contributed by atoms with van der Waals surface area (Å²) in [5, 5.41) is 11.8. The third-order valence-corrected chi connectivity index (χ3v) is 5.32. The monoisotopic (exact) mass is 378 g/mol. The lowest BCUT2D eigenvalue weighted by molar-refractivity contribution is -0.384. The minimum absolute atomic E-state index is 0.0816. The van der Waals surface area contributed by atoms with E-state index in [1.807, 2.05) is 47.5 Å². The van der Waals surface area contributed by atoms with Gasteiger partial charge in [0.2, 0.25) is 0 Å². The molecule has 0 spiro atoms. The lowest BCUT2D eigenvalue weighted by atomic mass is 10.1. The zero-order valence-corrected chi connectivity index (χ0v) is 15.5. The van der Waals surface area contributed by atoms with Gasteiger partial charge in [-0.05, 0) is 36.2 Å². The van der Waals surface area contributed by atoms with Crippen molar-refractivity contribution < 1.29 is 9.72 Å². The van der Waals surface area contributed by atoms with E-state index in [4.69, 9.17) is 0 Å². The number of rotatable bonds is 5. The van der Waals surface area contributed by atoms with Crippen LogP contribution in [-0.4, -0.2) is 58.3 Å². The van der Waals surface area contributed by atoms with E-state index in [9.17, 15) is 14.9 Å². The number of carbonyl (C=O) groups excluding carboxylic acids is 1. The number of nitro groups is 1. The van der Waals surface area contributed by atoms with Crippen LogP contribution in [0.15, 0.2) is 54.7 Å². The zero-order chi connectivity index (χ0) is 19.5. The summed E-state index contributed by atoms with van der Waals surface area (Å²) in [5.74, 6) is 0.0816. The van der Waals surface area contributed by atoms with E-state index in [1.54, 1.807) is 12.1 Å². The number of H-pyrrole nitrogens is 1. The second-order valence-corrected chi connectivity index (χ2v) is 7.09. The first kappa shape index (κ1) is 18.2. The second kappa shape index (κ2) is 7.82. The minimum atomic E-state index is -0.381. The fraction of sp³-hybridized carbons (Fsp3) is 0.286. The number of hydrogen-bond acceptors (Lipinski definition) is 4. The van der Waals surface area contributed by atoms with Crippen LogP contribution >= 0.6 is 0 Å². The number of nitro benzene ring substituents is 1. The van der Waals surface area contributed by atoms with E-state index in [0.29, 0.717) is 13.1 Å². The van der Waals surface area contributed by atoms with Crippen LogP contribution in [-0.2, 0) is 6.42 Å². The van der Waals surface area contributed by atoms with Gasteiger partial charge in [-0.3, -0.25) is 19.8 Å². The van der Waals surface area contributed by atoms with E-state index in [0.717, 1.165) is 48.1 Å². The average Bonchev–Trinajstić information content (AvgIpc) is 3.20. The van der Waals surface area contributed by atoms with Gasteiger partial charge >= 0.3 is 0 Å². The van der Waals surface area contributed by atoms with Crippen molar-refractivity contribution in [1.82, 2.24) is 14.8 Å². The fourth-order valence-corrected chi connectivity index (χ4v) is 3.62. The molecule has 1 saturated heterocycles. The highest BCUT2D eigenvalue weighted by molar-refractivity contribution is 5.98. The lowest BCUT2D eigenvalue weighted by Crippen LogP contribution is -2.49. The number of hydrogen-bond donors (Lipinski definition) is 1. The predicted molar refractivity (Wildman–Crippen MR) is 107 cm³/mol. The van der Waals surface area contributed by atoms with E-state index >= 15 is 0 Å². The van der Waals surface area contributed by atoms with Crippen molar-refractivity contribution in [2.45, 2.75) is 6.42 Å². The molecule has 1 amide bonds. The molecule has 4 rings (SSSR count). The molecular formula is C21H22N4O3. The number of benzene rings is 2. The van der Waals surface area contributed by atoms with Crippen molar-refractivity contribution in [3.8, 4) is 0 Å². The summed E-state index contributed by atoms with van der Waals surface area (Å²) in [4.78, 5) is 30.5. The Hall–Kier alpha value is -3.19. The largest absolute Gasteiger partial charge is 0.361 e. The molecule has 1 aliphatic rings. The first-order valence-electron chi connectivity index (χ1n) is 9.42. The van der Waals surface area contributed by atoms with Crippen LogP contribution in [0.2, 0.25) is 0 Å². The van der Waals surface area contributed by atoms with Gasteiger partial charge < -0.3 is 9.88 Å². The standard InChI is InChI=1S/C21H22N4O3/c26-21(18-3-6-20-17(15-18)7-9-22-20)24-13-11-23(12-14-24)10-8-16-1-4-19(5-2-16)25(27)28/h1-7,9,15,22H,8,10-14H2. The molecule has 7 nitrogen and oxygen atoms in total. The van der Waals surface area contributed by atoms with Crippen LogP contribution in [0.5, 0.6) is 0 Å². The summed E-state index contributed by atoms with van der Waals surface area (Å²) in [6, 6.07) is 14.5. The molecule has 1 aromatic heterocycles. The summed E-state index contributed by atoms with van der Waals surface area (Å²) < 4.78 is 0. The molecule has 2 heterocycles. The molecule has 3 aromatic rings. The van der Waals surface area contributed by atoms with Crippen LogP contribution in [0.4, 0.5) is 5.69 Å². The number of carbonyl (C=O) groups is 1. The molecule has 7 heteroatoms. The van der Waals surface area contributed by atoms with Crippen LogP contribution in [0.25, 0.3) is 10.9 Å². The van der Waals surface area contributed by atoms with Crippen LogP contribution in [0.1, 0.15) is 15.9 Å². The van der Waals surface area contributed by atoms with Gasteiger partial charge in [0.15, 0.2) is 0 Å². The molecule has 28 heavy (non-hydrogen) atoms. The summed E-state index contributed by atoms with van der Waals surface area (Å²) in [7, 11) is 0. The Bertz CT molecular complexity index is 988. The molecule has 0 bridgehead atoms. The highest BCUT2D eigenvalue weighted by Gasteiger charge is 2.22. The number of amides is 1. The minimum Gasteiger partial charge on any atom is -0.361 e. The Balaban J connectivity index is 1.29. The first-order valence-corrected chi connectivity index (χ1v) is 9.42. The first-order chi connectivity index (χ1) is 13.6. The Kier molecular flexibility index (Phi) is 5.08. The van der Waals surface area contributed by atoms with E-state index in [1.165, 1.54) is 0 Å². The highest BCUT2D eigenvalue weighted by Crippen LogP contribution is 2.17. The SMILES string of the molecule is O=C(c1ccc2[nH]ccc2c1)N1CCN(CCc2ccc([N+](=O)[O-])cc2)CC1. The molecule has 1 N–H and O–H groups in total. The van der Waals surface area contributed by atoms with Crippen LogP contribution in [0, 0.1) is 10.1 Å². The molecule has 0 atom stereocenters. The van der Waals surface area contributed by atoms with Crippen molar-refractivity contribution in [1.29, 1.82) is 0 Å². The maximum atomic E-state index is 12.8. The molecule has 0 aliphatic carbocycles. The fourth-order valence-electron chi connectivity index (χ4n) is 3.62. The second-order valence-electron chi connectivity index (χ2n) is 7.09. The number of fused-ring (bicyclic) bond motifs is 1. The number of nitrogens with zero attached hydrogens (tertiary/aromatic N) is 3. The maximum absolute atomic E-state index is 12.8. The smallest absolute Gasteiger partial charge is 0.269 e. The molecule has 144 valence electrons. The van der Waals surface area contributed by atoms with Crippen molar-refractivity contribution in [3.05, 3.63) is 76.0 Å². The molecule has 2 aromatic carbocycles. The molecule has 0 unspecified atom stereocenters.